The third-order valence-electron chi connectivity index (χ3n) is 5.78. The van der Waals surface area contributed by atoms with Crippen LogP contribution in [0.15, 0.2) is 54.9 Å². The second-order valence-corrected chi connectivity index (χ2v) is 9.72. The molecule has 2 heterocycles. The maximum absolute atomic E-state index is 12.4. The summed E-state index contributed by atoms with van der Waals surface area (Å²) in [6.07, 6.45) is 6.53. The molecule has 0 fully saturated rings. The van der Waals surface area contributed by atoms with Crippen LogP contribution in [0.25, 0.3) is 16.7 Å². The van der Waals surface area contributed by atoms with Crippen LogP contribution in [0.1, 0.15) is 59.1 Å². The Labute approximate surface area is 206 Å². The standard InChI is InChI=1S/C27H34N6O2/c1-5-6-7-8-15-35-21-13-14-23-22(16-21)28-18-33(23)20-11-9-19(10-12-20)29-26(34)30-25-17-24(31-32-25)27(2,3)4/h9-14,16-18H,5-8,15H2,1-4H3,(H3,29,30,31,32,34). The van der Waals surface area contributed by atoms with Crippen LogP contribution in [-0.2, 0) is 5.41 Å². The molecule has 4 aromatic rings. The van der Waals surface area contributed by atoms with Crippen molar-refractivity contribution in [3.8, 4) is 11.4 Å². The number of imidazole rings is 1. The van der Waals surface area contributed by atoms with Crippen molar-refractivity contribution in [3.63, 3.8) is 0 Å². The van der Waals surface area contributed by atoms with Crippen LogP contribution >= 0.6 is 0 Å². The number of urea groups is 1. The monoisotopic (exact) mass is 474 g/mol. The highest BCUT2D eigenvalue weighted by atomic mass is 16.5. The Bertz CT molecular complexity index is 1270. The summed E-state index contributed by atoms with van der Waals surface area (Å²) in [4.78, 5) is 16.9. The second-order valence-electron chi connectivity index (χ2n) is 9.72. The Balaban J connectivity index is 1.37. The van der Waals surface area contributed by atoms with Gasteiger partial charge in [-0.25, -0.2) is 9.78 Å². The molecule has 3 N–H and O–H groups in total. The van der Waals surface area contributed by atoms with Crippen LogP contribution in [0.3, 0.4) is 0 Å². The van der Waals surface area contributed by atoms with Crippen LogP contribution in [0.5, 0.6) is 5.75 Å². The minimum absolute atomic E-state index is 0.0942. The van der Waals surface area contributed by atoms with E-state index >= 15 is 0 Å². The highest BCUT2D eigenvalue weighted by Crippen LogP contribution is 2.25. The molecule has 0 saturated heterocycles. The number of nitrogens with one attached hydrogen (secondary N) is 3. The fourth-order valence-corrected chi connectivity index (χ4v) is 3.77. The summed E-state index contributed by atoms with van der Waals surface area (Å²) in [6, 6.07) is 15.1. The number of fused-ring (bicyclic) bond motifs is 1. The van der Waals surface area contributed by atoms with E-state index in [-0.39, 0.29) is 11.4 Å². The van der Waals surface area contributed by atoms with Gasteiger partial charge in [-0.05, 0) is 42.8 Å². The molecule has 0 saturated carbocycles. The van der Waals surface area contributed by atoms with Crippen molar-refractivity contribution in [3.05, 3.63) is 60.6 Å². The molecule has 0 aliphatic rings. The fourth-order valence-electron chi connectivity index (χ4n) is 3.77. The molecule has 0 radical (unpaired) electrons. The number of hydrogen-bond acceptors (Lipinski definition) is 4. The molecule has 8 heteroatoms. The summed E-state index contributed by atoms with van der Waals surface area (Å²) in [5, 5.41) is 12.7. The van der Waals surface area contributed by atoms with E-state index in [4.69, 9.17) is 4.74 Å². The number of carbonyl (C=O) groups is 1. The maximum atomic E-state index is 12.4. The number of carbonyl (C=O) groups excluding carboxylic acids is 1. The van der Waals surface area contributed by atoms with Gasteiger partial charge in [0.05, 0.1) is 23.3 Å². The minimum Gasteiger partial charge on any atom is -0.494 e. The fraction of sp³-hybridized carbons (Fsp3) is 0.370. The number of ether oxygens (including phenoxy) is 1. The van der Waals surface area contributed by atoms with E-state index in [0.29, 0.717) is 11.5 Å². The van der Waals surface area contributed by atoms with Crippen LogP contribution in [-0.4, -0.2) is 32.4 Å². The van der Waals surface area contributed by atoms with Gasteiger partial charge in [0.25, 0.3) is 0 Å². The lowest BCUT2D eigenvalue weighted by molar-refractivity contribution is 0.262. The average molecular weight is 475 g/mol. The van der Waals surface area contributed by atoms with E-state index in [1.165, 1.54) is 19.3 Å². The van der Waals surface area contributed by atoms with E-state index in [1.807, 2.05) is 53.1 Å². The molecule has 35 heavy (non-hydrogen) atoms. The number of aromatic amines is 1. The molecule has 0 unspecified atom stereocenters. The number of rotatable bonds is 9. The Morgan fingerprint density at radius 3 is 2.54 bits per heavy atom. The number of anilines is 2. The van der Waals surface area contributed by atoms with Gasteiger partial charge in [0.2, 0.25) is 0 Å². The van der Waals surface area contributed by atoms with E-state index in [1.54, 1.807) is 6.33 Å². The summed E-state index contributed by atoms with van der Waals surface area (Å²) in [7, 11) is 0. The molecule has 4 rings (SSSR count). The summed E-state index contributed by atoms with van der Waals surface area (Å²) in [5.74, 6) is 1.40. The summed E-state index contributed by atoms with van der Waals surface area (Å²) in [6.45, 7) is 9.14. The van der Waals surface area contributed by atoms with Gasteiger partial charge >= 0.3 is 6.03 Å². The van der Waals surface area contributed by atoms with Gasteiger partial charge in [-0.2, -0.15) is 5.10 Å². The lowest BCUT2D eigenvalue weighted by Gasteiger charge is -2.13. The number of benzene rings is 2. The maximum Gasteiger partial charge on any atom is 0.324 e. The van der Waals surface area contributed by atoms with Crippen LogP contribution < -0.4 is 15.4 Å². The first-order chi connectivity index (χ1) is 16.8. The predicted molar refractivity (Wildman–Crippen MR) is 141 cm³/mol. The van der Waals surface area contributed by atoms with Gasteiger partial charge in [-0.3, -0.25) is 15.0 Å². The van der Waals surface area contributed by atoms with Gasteiger partial charge in [-0.1, -0.05) is 47.0 Å². The lowest BCUT2D eigenvalue weighted by atomic mass is 9.92. The number of aromatic nitrogens is 4. The van der Waals surface area contributed by atoms with Crippen molar-refractivity contribution in [2.75, 3.05) is 17.2 Å². The first-order valence-electron chi connectivity index (χ1n) is 12.2. The highest BCUT2D eigenvalue weighted by Gasteiger charge is 2.18. The normalized spacial score (nSPS) is 11.5. The van der Waals surface area contributed by atoms with Crippen molar-refractivity contribution < 1.29 is 9.53 Å². The number of H-pyrrole nitrogens is 1. The molecule has 0 atom stereocenters. The number of amides is 2. The zero-order chi connectivity index (χ0) is 24.8. The quantitative estimate of drug-likeness (QED) is 0.237. The predicted octanol–water partition coefficient (Wildman–Crippen LogP) is 6.65. The van der Waals surface area contributed by atoms with Gasteiger partial charge in [0, 0.05) is 28.9 Å². The first kappa shape index (κ1) is 24.3. The third-order valence-corrected chi connectivity index (χ3v) is 5.78. The first-order valence-corrected chi connectivity index (χ1v) is 12.2. The van der Waals surface area contributed by atoms with Crippen LogP contribution in [0.2, 0.25) is 0 Å². The van der Waals surface area contributed by atoms with Crippen molar-refractivity contribution in [1.29, 1.82) is 0 Å². The Morgan fingerprint density at radius 2 is 1.83 bits per heavy atom. The van der Waals surface area contributed by atoms with Gasteiger partial charge in [0.1, 0.15) is 17.9 Å². The topological polar surface area (TPSA) is 96.9 Å². The second kappa shape index (κ2) is 10.6. The highest BCUT2D eigenvalue weighted by molar-refractivity contribution is 5.99. The smallest absolute Gasteiger partial charge is 0.324 e. The van der Waals surface area contributed by atoms with Crippen molar-refractivity contribution in [2.45, 2.75) is 58.8 Å². The molecular weight excluding hydrogens is 440 g/mol. The van der Waals surface area contributed by atoms with Crippen molar-refractivity contribution >= 4 is 28.6 Å². The molecule has 8 nitrogen and oxygen atoms in total. The molecule has 0 aliphatic carbocycles. The Morgan fingerprint density at radius 1 is 1.03 bits per heavy atom. The largest absolute Gasteiger partial charge is 0.494 e. The van der Waals surface area contributed by atoms with E-state index in [9.17, 15) is 4.79 Å². The summed E-state index contributed by atoms with van der Waals surface area (Å²) < 4.78 is 7.90. The molecule has 0 bridgehead atoms. The molecule has 2 amide bonds. The summed E-state index contributed by atoms with van der Waals surface area (Å²) in [5.41, 5.74) is 4.31. The third kappa shape index (κ3) is 6.20. The van der Waals surface area contributed by atoms with Gasteiger partial charge < -0.3 is 10.1 Å². The molecule has 184 valence electrons. The molecule has 2 aromatic heterocycles. The zero-order valence-electron chi connectivity index (χ0n) is 20.9. The van der Waals surface area contributed by atoms with E-state index < -0.39 is 0 Å². The lowest BCUT2D eigenvalue weighted by Crippen LogP contribution is -2.19. The molecular formula is C27H34N6O2. The molecule has 0 aliphatic heterocycles. The van der Waals surface area contributed by atoms with E-state index in [0.717, 1.165) is 41.2 Å². The molecule has 0 spiro atoms. The average Bonchev–Trinajstić information content (AvgIpc) is 3.46. The SMILES string of the molecule is CCCCCCOc1ccc2c(c1)ncn2-c1ccc(NC(=O)Nc2cc(C(C)(C)C)n[nH]2)cc1. The zero-order valence-corrected chi connectivity index (χ0v) is 20.9. The molecule has 2 aromatic carbocycles. The van der Waals surface area contributed by atoms with Crippen molar-refractivity contribution in [2.24, 2.45) is 0 Å². The van der Waals surface area contributed by atoms with Crippen LogP contribution in [0, 0.1) is 0 Å². The number of nitrogens with zero attached hydrogens (tertiary/aromatic N) is 3. The van der Waals surface area contributed by atoms with Crippen LogP contribution in [0.4, 0.5) is 16.3 Å². The van der Waals surface area contributed by atoms with E-state index in [2.05, 4.69) is 53.5 Å². The Kier molecular flexibility index (Phi) is 7.39. The summed E-state index contributed by atoms with van der Waals surface area (Å²) >= 11 is 0. The minimum atomic E-state index is -0.336. The van der Waals surface area contributed by atoms with Gasteiger partial charge in [0.15, 0.2) is 0 Å². The van der Waals surface area contributed by atoms with Crippen molar-refractivity contribution in [1.82, 2.24) is 19.7 Å². The van der Waals surface area contributed by atoms with Gasteiger partial charge in [-0.15, -0.1) is 0 Å². The number of unbranched alkanes of at least 4 members (excludes halogenated alkanes) is 3. The Hall–Kier alpha value is -3.81. The number of hydrogen-bond donors (Lipinski definition) is 3.